The molecule has 2 rings (SSSR count). The van der Waals surface area contributed by atoms with Gasteiger partial charge >= 0.3 is 0 Å². The highest BCUT2D eigenvalue weighted by molar-refractivity contribution is 9.11. The molecule has 9 heteroatoms. The van der Waals surface area contributed by atoms with Gasteiger partial charge in [0.15, 0.2) is 0 Å². The number of nitrogen functional groups attached to an aromatic ring is 1. The fourth-order valence-electron chi connectivity index (χ4n) is 2.12. The van der Waals surface area contributed by atoms with Crippen LogP contribution < -0.4 is 5.73 Å². The summed E-state index contributed by atoms with van der Waals surface area (Å²) in [6.45, 7) is 0.707. The second-order valence-corrected chi connectivity index (χ2v) is 8.40. The Morgan fingerprint density at radius 3 is 2.33 bits per heavy atom. The van der Waals surface area contributed by atoms with Crippen LogP contribution in [0.4, 0.5) is 5.69 Å². The number of halogens is 2. The van der Waals surface area contributed by atoms with Crippen LogP contribution in [0.15, 0.2) is 26.0 Å². The van der Waals surface area contributed by atoms with Crippen molar-refractivity contribution >= 4 is 53.5 Å². The van der Waals surface area contributed by atoms with E-state index in [2.05, 4.69) is 31.9 Å². The lowest BCUT2D eigenvalue weighted by Crippen LogP contribution is -2.38. The third-order valence-electron chi connectivity index (χ3n) is 3.26. The van der Waals surface area contributed by atoms with Gasteiger partial charge < -0.3 is 10.6 Å². The minimum atomic E-state index is -3.78. The molecule has 21 heavy (non-hydrogen) atoms. The molecule has 1 aliphatic rings. The van der Waals surface area contributed by atoms with Gasteiger partial charge in [-0.05, 0) is 50.4 Å². The Bertz CT molecular complexity index is 655. The Kier molecular flexibility index (Phi) is 4.96. The molecule has 0 bridgehead atoms. The van der Waals surface area contributed by atoms with Crippen molar-refractivity contribution in [2.45, 2.75) is 11.3 Å². The number of nitrogens with zero attached hydrogens (tertiary/aromatic N) is 2. The molecule has 116 valence electrons. The molecule has 1 saturated heterocycles. The quantitative estimate of drug-likeness (QED) is 0.708. The third-order valence-corrected chi connectivity index (χ3v) is 6.98. The van der Waals surface area contributed by atoms with Crippen molar-refractivity contribution in [3.05, 3.63) is 21.1 Å². The Balaban J connectivity index is 2.45. The summed E-state index contributed by atoms with van der Waals surface area (Å²) in [5.74, 6) is -0.209. The van der Waals surface area contributed by atoms with Crippen LogP contribution in [-0.4, -0.2) is 50.2 Å². The Hall–Kier alpha value is -0.640. The maximum Gasteiger partial charge on any atom is 0.245 e. The Morgan fingerprint density at radius 2 is 1.76 bits per heavy atom. The average Bonchev–Trinajstić information content (AvgIpc) is 2.50. The van der Waals surface area contributed by atoms with Crippen LogP contribution in [0.5, 0.6) is 0 Å². The van der Waals surface area contributed by atoms with Crippen molar-refractivity contribution in [1.82, 2.24) is 9.21 Å². The van der Waals surface area contributed by atoms with Gasteiger partial charge in [0.1, 0.15) is 4.90 Å². The van der Waals surface area contributed by atoms with Crippen molar-refractivity contribution in [3.8, 4) is 0 Å². The maximum atomic E-state index is 12.8. The minimum absolute atomic E-state index is 0.0917. The number of amides is 1. The highest BCUT2D eigenvalue weighted by Crippen LogP contribution is 2.34. The van der Waals surface area contributed by atoms with E-state index in [1.54, 1.807) is 11.9 Å². The van der Waals surface area contributed by atoms with Crippen LogP contribution in [-0.2, 0) is 14.8 Å². The number of likely N-dealkylation sites (N-methyl/N-ethyl adjacent to an activating group) is 1. The lowest BCUT2D eigenvalue weighted by atomic mass is 10.3. The Morgan fingerprint density at radius 1 is 1.19 bits per heavy atom. The molecular weight excluding hydrogens is 426 g/mol. The van der Waals surface area contributed by atoms with E-state index in [1.807, 2.05) is 0 Å². The van der Waals surface area contributed by atoms with Gasteiger partial charge in [-0.25, -0.2) is 8.42 Å². The summed E-state index contributed by atoms with van der Waals surface area (Å²) >= 11 is 6.47. The molecule has 2 N–H and O–H groups in total. The van der Waals surface area contributed by atoms with E-state index in [-0.39, 0.29) is 17.3 Å². The normalized spacial score (nSPS) is 17.9. The van der Waals surface area contributed by atoms with Gasteiger partial charge in [0.25, 0.3) is 0 Å². The summed E-state index contributed by atoms with van der Waals surface area (Å²) in [4.78, 5) is 13.5. The zero-order valence-electron chi connectivity index (χ0n) is 11.3. The first-order valence-corrected chi connectivity index (χ1v) is 9.24. The molecule has 0 radical (unpaired) electrons. The molecule has 1 fully saturated rings. The summed E-state index contributed by atoms with van der Waals surface area (Å²) in [7, 11) is -2.11. The molecule has 6 nitrogen and oxygen atoms in total. The van der Waals surface area contributed by atoms with Gasteiger partial charge in [-0.15, -0.1) is 0 Å². The molecular formula is C12H15Br2N3O3S. The summed E-state index contributed by atoms with van der Waals surface area (Å²) in [6.07, 6.45) is 0.603. The van der Waals surface area contributed by atoms with Crippen LogP contribution in [0.1, 0.15) is 6.42 Å². The molecule has 1 aromatic carbocycles. The van der Waals surface area contributed by atoms with Crippen LogP contribution >= 0.6 is 31.9 Å². The van der Waals surface area contributed by atoms with Crippen molar-refractivity contribution in [2.75, 3.05) is 32.4 Å². The van der Waals surface area contributed by atoms with E-state index in [4.69, 9.17) is 5.73 Å². The van der Waals surface area contributed by atoms with Crippen LogP contribution in [0, 0.1) is 0 Å². The molecule has 0 spiro atoms. The van der Waals surface area contributed by atoms with Gasteiger partial charge in [-0.3, -0.25) is 4.79 Å². The van der Waals surface area contributed by atoms with Gasteiger partial charge in [0.05, 0.1) is 6.54 Å². The number of carbonyl (C=O) groups is 1. The number of carbonyl (C=O) groups excluding carboxylic acids is 1. The summed E-state index contributed by atoms with van der Waals surface area (Å²) < 4.78 is 27.6. The second kappa shape index (κ2) is 6.23. The number of benzene rings is 1. The van der Waals surface area contributed by atoms with E-state index in [1.165, 1.54) is 16.4 Å². The van der Waals surface area contributed by atoms with E-state index in [9.17, 15) is 13.2 Å². The summed E-state index contributed by atoms with van der Waals surface area (Å²) in [5, 5.41) is 0. The largest absolute Gasteiger partial charge is 0.399 e. The number of anilines is 1. The zero-order chi connectivity index (χ0) is 15.8. The van der Waals surface area contributed by atoms with E-state index >= 15 is 0 Å². The monoisotopic (exact) mass is 439 g/mol. The van der Waals surface area contributed by atoms with Gasteiger partial charge in [-0.1, -0.05) is 0 Å². The van der Waals surface area contributed by atoms with Crippen LogP contribution in [0.3, 0.4) is 0 Å². The van der Waals surface area contributed by atoms with Gasteiger partial charge in [-0.2, -0.15) is 4.31 Å². The number of hydrogen-bond acceptors (Lipinski definition) is 4. The smallest absolute Gasteiger partial charge is 0.245 e. The standard InChI is InChI=1S/C12H15Br2N3O3S/c1-16-3-2-4-17(7-11(16)18)21(19,20)12-9(13)5-8(15)6-10(12)14/h5-6H,2-4,7,15H2,1H3. The zero-order valence-corrected chi connectivity index (χ0v) is 15.3. The lowest BCUT2D eigenvalue weighted by molar-refractivity contribution is -0.129. The summed E-state index contributed by atoms with van der Waals surface area (Å²) in [5.41, 5.74) is 6.13. The third kappa shape index (κ3) is 3.41. The first kappa shape index (κ1) is 16.7. The average molecular weight is 441 g/mol. The van der Waals surface area contributed by atoms with Gasteiger partial charge in [0.2, 0.25) is 15.9 Å². The maximum absolute atomic E-state index is 12.8. The van der Waals surface area contributed by atoms with E-state index in [0.29, 0.717) is 34.1 Å². The molecule has 0 aliphatic carbocycles. The van der Waals surface area contributed by atoms with E-state index < -0.39 is 10.0 Å². The predicted octanol–water partition coefficient (Wildman–Crippen LogP) is 1.65. The van der Waals surface area contributed by atoms with Crippen LogP contribution in [0.2, 0.25) is 0 Å². The molecule has 1 aromatic rings. The van der Waals surface area contributed by atoms with Gasteiger partial charge in [0, 0.05) is 34.8 Å². The highest BCUT2D eigenvalue weighted by atomic mass is 79.9. The van der Waals surface area contributed by atoms with E-state index in [0.717, 1.165) is 0 Å². The summed E-state index contributed by atoms with van der Waals surface area (Å²) in [6, 6.07) is 3.06. The lowest BCUT2D eigenvalue weighted by Gasteiger charge is -2.21. The first-order valence-electron chi connectivity index (χ1n) is 6.22. The fraction of sp³-hybridized carbons (Fsp3) is 0.417. The SMILES string of the molecule is CN1CCCN(S(=O)(=O)c2c(Br)cc(N)cc2Br)CC1=O. The first-order chi connectivity index (χ1) is 9.73. The molecule has 1 heterocycles. The molecule has 0 atom stereocenters. The van der Waals surface area contributed by atoms with Crippen molar-refractivity contribution in [1.29, 1.82) is 0 Å². The highest BCUT2D eigenvalue weighted by Gasteiger charge is 2.32. The van der Waals surface area contributed by atoms with Crippen molar-refractivity contribution in [3.63, 3.8) is 0 Å². The predicted molar refractivity (Wildman–Crippen MR) is 87.3 cm³/mol. The van der Waals surface area contributed by atoms with Crippen LogP contribution in [0.25, 0.3) is 0 Å². The molecule has 0 aromatic heterocycles. The topological polar surface area (TPSA) is 83.7 Å². The Labute approximate surface area is 140 Å². The second-order valence-electron chi connectivity index (χ2n) is 4.82. The molecule has 0 unspecified atom stereocenters. The number of rotatable bonds is 2. The number of sulfonamides is 1. The molecule has 0 saturated carbocycles. The fourth-order valence-corrected chi connectivity index (χ4v) is 6.09. The number of nitrogens with two attached hydrogens (primary N) is 1. The molecule has 1 amide bonds. The molecule has 1 aliphatic heterocycles. The van der Waals surface area contributed by atoms with Crippen molar-refractivity contribution < 1.29 is 13.2 Å². The number of hydrogen-bond donors (Lipinski definition) is 1. The van der Waals surface area contributed by atoms with Crippen molar-refractivity contribution in [2.24, 2.45) is 0 Å². The minimum Gasteiger partial charge on any atom is -0.399 e.